The Bertz CT molecular complexity index is 1510. The van der Waals surface area contributed by atoms with Gasteiger partial charge in [0.1, 0.15) is 11.1 Å². The molecule has 2 aromatic carbocycles. The number of primary sulfonamides is 1. The van der Waals surface area contributed by atoms with Crippen molar-refractivity contribution in [3.63, 3.8) is 0 Å². The van der Waals surface area contributed by atoms with Crippen molar-refractivity contribution < 1.29 is 27.7 Å². The molecule has 0 saturated carbocycles. The third kappa shape index (κ3) is 5.33. The third-order valence-corrected chi connectivity index (χ3v) is 6.90. The van der Waals surface area contributed by atoms with Gasteiger partial charge in [0, 0.05) is 30.6 Å². The molecule has 0 aliphatic carbocycles. The van der Waals surface area contributed by atoms with E-state index in [1.165, 1.54) is 36.7 Å². The number of benzene rings is 2. The first-order valence-corrected chi connectivity index (χ1v) is 12.5. The number of aromatic nitrogens is 1. The van der Waals surface area contributed by atoms with Crippen LogP contribution in [-0.2, 0) is 26.2 Å². The molecular weight excluding hydrogens is 526 g/mol. The normalized spacial score (nSPS) is 15.6. The van der Waals surface area contributed by atoms with Crippen LogP contribution < -0.4 is 10.0 Å². The summed E-state index contributed by atoms with van der Waals surface area (Å²) in [5.74, 6) is -2.08. The van der Waals surface area contributed by atoms with Gasteiger partial charge in [-0.15, -0.1) is 0 Å². The summed E-state index contributed by atoms with van der Waals surface area (Å²) >= 11 is 5.88. The summed E-state index contributed by atoms with van der Waals surface area (Å²) in [6.07, 6.45) is 2.64. The number of nitro groups is 1. The summed E-state index contributed by atoms with van der Waals surface area (Å²) in [5, 5.41) is 16.3. The highest BCUT2D eigenvalue weighted by Crippen LogP contribution is 2.30. The van der Waals surface area contributed by atoms with E-state index < -0.39 is 44.4 Å². The minimum absolute atomic E-state index is 0.0980. The lowest BCUT2D eigenvalue weighted by atomic mass is 10.1. The van der Waals surface area contributed by atoms with Gasteiger partial charge in [-0.05, 0) is 48.0 Å². The number of halogens is 1. The number of carbonyl (C=O) groups is 3. The Morgan fingerprint density at radius 3 is 2.49 bits per heavy atom. The molecule has 3 aromatic rings. The van der Waals surface area contributed by atoms with Gasteiger partial charge in [-0.3, -0.25) is 29.5 Å². The number of hydrogen-bond donors (Lipinski definition) is 1. The predicted molar refractivity (Wildman–Crippen MR) is 131 cm³/mol. The fourth-order valence-electron chi connectivity index (χ4n) is 3.88. The first-order valence-electron chi connectivity index (χ1n) is 10.6. The van der Waals surface area contributed by atoms with E-state index in [0.717, 1.165) is 28.0 Å². The van der Waals surface area contributed by atoms with E-state index in [1.807, 2.05) is 0 Å². The van der Waals surface area contributed by atoms with Gasteiger partial charge in [-0.25, -0.2) is 18.5 Å². The number of nitro benzene ring substituents is 1. The molecule has 0 radical (unpaired) electrons. The molecule has 1 unspecified atom stereocenters. The smallest absolute Gasteiger partial charge is 0.288 e. The molecule has 2 N–H and O–H groups in total. The van der Waals surface area contributed by atoms with Crippen LogP contribution in [0.3, 0.4) is 0 Å². The van der Waals surface area contributed by atoms with Gasteiger partial charge in [0.2, 0.25) is 15.9 Å². The zero-order chi connectivity index (χ0) is 26.9. The Hall–Kier alpha value is -4.20. The molecule has 0 spiro atoms. The Kier molecular flexibility index (Phi) is 7.03. The van der Waals surface area contributed by atoms with Crippen LogP contribution in [0.4, 0.5) is 11.4 Å². The maximum absolute atomic E-state index is 13.5. The number of rotatable bonds is 7. The monoisotopic (exact) mass is 543 g/mol. The van der Waals surface area contributed by atoms with Crippen LogP contribution in [0.15, 0.2) is 71.9 Å². The number of nitrogens with zero attached hydrogens (tertiary/aromatic N) is 4. The summed E-state index contributed by atoms with van der Waals surface area (Å²) in [5.41, 5.74) is 0.0618. The summed E-state index contributed by atoms with van der Waals surface area (Å²) in [4.78, 5) is 56.2. The lowest BCUT2D eigenvalue weighted by molar-refractivity contribution is -0.384. The lowest BCUT2D eigenvalue weighted by Gasteiger charge is -2.28. The van der Waals surface area contributed by atoms with Crippen molar-refractivity contribution in [3.05, 3.63) is 93.3 Å². The molecule has 1 saturated heterocycles. The van der Waals surface area contributed by atoms with Gasteiger partial charge in [-0.2, -0.15) is 0 Å². The molecule has 12 nitrogen and oxygen atoms in total. The molecule has 1 aromatic heterocycles. The Balaban J connectivity index is 1.71. The molecule has 14 heteroatoms. The number of carbonyl (C=O) groups excluding carboxylic acids is 3. The summed E-state index contributed by atoms with van der Waals surface area (Å²) in [7, 11) is -3.99. The minimum Gasteiger partial charge on any atom is -0.322 e. The van der Waals surface area contributed by atoms with Gasteiger partial charge in [-0.1, -0.05) is 17.7 Å². The molecule has 37 heavy (non-hydrogen) atoms. The Labute approximate surface area is 215 Å². The minimum atomic E-state index is -3.99. The van der Waals surface area contributed by atoms with E-state index in [-0.39, 0.29) is 34.1 Å². The highest BCUT2D eigenvalue weighted by Gasteiger charge is 2.44. The number of hydrogen-bond acceptors (Lipinski definition) is 8. The number of pyridine rings is 1. The van der Waals surface area contributed by atoms with Crippen LogP contribution in [0.25, 0.3) is 0 Å². The molecule has 4 rings (SSSR count). The molecule has 0 bridgehead atoms. The van der Waals surface area contributed by atoms with E-state index >= 15 is 0 Å². The maximum atomic E-state index is 13.5. The second-order valence-electron chi connectivity index (χ2n) is 8.04. The SMILES string of the molecule is NS(=O)(=O)c1ccc(N2C(=O)CC(N(Cc3cccnc3)C(=O)c3ccc(Cl)c([N+](=O)[O-])c3)C2=O)cc1. The third-order valence-electron chi connectivity index (χ3n) is 5.65. The van der Waals surface area contributed by atoms with Crippen molar-refractivity contribution in [3.8, 4) is 0 Å². The van der Waals surface area contributed by atoms with Crippen molar-refractivity contribution >= 4 is 50.7 Å². The average Bonchev–Trinajstić information content (AvgIpc) is 3.15. The Morgan fingerprint density at radius 1 is 1.19 bits per heavy atom. The number of nitrogens with two attached hydrogens (primary N) is 1. The van der Waals surface area contributed by atoms with Crippen LogP contribution in [0, 0.1) is 10.1 Å². The molecule has 1 aliphatic rings. The van der Waals surface area contributed by atoms with Crippen molar-refractivity contribution in [2.24, 2.45) is 5.14 Å². The van der Waals surface area contributed by atoms with E-state index in [9.17, 15) is 32.9 Å². The van der Waals surface area contributed by atoms with Crippen molar-refractivity contribution in [2.45, 2.75) is 23.9 Å². The molecule has 190 valence electrons. The lowest BCUT2D eigenvalue weighted by Crippen LogP contribution is -2.45. The first kappa shape index (κ1) is 25.9. The van der Waals surface area contributed by atoms with Gasteiger partial charge in [0.15, 0.2) is 0 Å². The van der Waals surface area contributed by atoms with Gasteiger partial charge in [0.25, 0.3) is 17.5 Å². The largest absolute Gasteiger partial charge is 0.322 e. The maximum Gasteiger partial charge on any atom is 0.288 e. The standard InChI is InChI=1S/C23H18ClN5O7S/c24-18-8-3-15(10-19(18)29(33)34)22(31)27(13-14-2-1-9-26-12-14)20-11-21(30)28(23(20)32)16-4-6-17(7-5-16)37(25,35)36/h1-10,12,20H,11,13H2,(H2,25,35,36). The number of anilines is 1. The van der Waals surface area contributed by atoms with Crippen molar-refractivity contribution in [1.29, 1.82) is 0 Å². The second-order valence-corrected chi connectivity index (χ2v) is 10.0. The molecule has 2 heterocycles. The fourth-order valence-corrected chi connectivity index (χ4v) is 4.58. The number of imide groups is 1. The van der Waals surface area contributed by atoms with E-state index in [1.54, 1.807) is 12.1 Å². The first-order chi connectivity index (χ1) is 17.5. The summed E-state index contributed by atoms with van der Waals surface area (Å²) in [6, 6.07) is 10.4. The Morgan fingerprint density at radius 2 is 1.89 bits per heavy atom. The zero-order valence-corrected chi connectivity index (χ0v) is 20.4. The molecule has 3 amide bonds. The molecule has 1 aliphatic heterocycles. The van der Waals surface area contributed by atoms with Crippen LogP contribution in [0.2, 0.25) is 5.02 Å². The average molecular weight is 544 g/mol. The van der Waals surface area contributed by atoms with Gasteiger partial charge in [0.05, 0.1) is 21.9 Å². The van der Waals surface area contributed by atoms with Gasteiger partial charge < -0.3 is 4.90 Å². The second kappa shape index (κ2) is 10.0. The van der Waals surface area contributed by atoms with Crippen LogP contribution in [0.1, 0.15) is 22.3 Å². The van der Waals surface area contributed by atoms with E-state index in [0.29, 0.717) is 5.56 Å². The molecule has 1 atom stereocenters. The zero-order valence-electron chi connectivity index (χ0n) is 18.9. The highest BCUT2D eigenvalue weighted by molar-refractivity contribution is 7.89. The molecular formula is C23H18ClN5O7S. The van der Waals surface area contributed by atoms with Crippen LogP contribution in [0.5, 0.6) is 0 Å². The van der Waals surface area contributed by atoms with E-state index in [4.69, 9.17) is 16.7 Å². The number of amides is 3. The quantitative estimate of drug-likeness (QED) is 0.268. The van der Waals surface area contributed by atoms with Gasteiger partial charge >= 0.3 is 0 Å². The van der Waals surface area contributed by atoms with Crippen LogP contribution in [-0.4, -0.2) is 47.0 Å². The van der Waals surface area contributed by atoms with Crippen LogP contribution >= 0.6 is 11.6 Å². The highest BCUT2D eigenvalue weighted by atomic mass is 35.5. The fraction of sp³-hybridized carbons (Fsp3) is 0.130. The van der Waals surface area contributed by atoms with Crippen molar-refractivity contribution in [2.75, 3.05) is 4.90 Å². The van der Waals surface area contributed by atoms with E-state index in [2.05, 4.69) is 4.98 Å². The van der Waals surface area contributed by atoms with Crippen molar-refractivity contribution in [1.82, 2.24) is 9.88 Å². The predicted octanol–water partition coefficient (Wildman–Crippen LogP) is 2.27. The summed E-state index contributed by atoms with van der Waals surface area (Å²) in [6.45, 7) is -0.120. The number of sulfonamides is 1. The topological polar surface area (TPSA) is 174 Å². The summed E-state index contributed by atoms with van der Waals surface area (Å²) < 4.78 is 23.1. The molecule has 1 fully saturated rings.